The Bertz CT molecular complexity index is 608. The number of hydrogen-bond acceptors (Lipinski definition) is 3. The molecule has 4 rings (SSSR count). The van der Waals surface area contributed by atoms with E-state index in [4.69, 9.17) is 10.5 Å². The summed E-state index contributed by atoms with van der Waals surface area (Å²) < 4.78 is 5.54. The molecule has 5 heteroatoms. The Balaban J connectivity index is 0.00000182. The van der Waals surface area contributed by atoms with Crippen molar-refractivity contribution in [2.45, 2.75) is 51.0 Å². The number of fused-ring (bicyclic) bond motifs is 3. The van der Waals surface area contributed by atoms with E-state index in [2.05, 4.69) is 23.5 Å². The predicted molar refractivity (Wildman–Crippen MR) is 101 cm³/mol. The SMILES string of the molecule is Cl.NC1C2CCCC1CC(C(=O)NCCc1ccc3c(c1)CCO3)C2. The van der Waals surface area contributed by atoms with E-state index in [1.165, 1.54) is 30.4 Å². The van der Waals surface area contributed by atoms with Crippen molar-refractivity contribution in [3.8, 4) is 5.75 Å². The van der Waals surface area contributed by atoms with Crippen molar-refractivity contribution in [3.63, 3.8) is 0 Å². The highest BCUT2D eigenvalue weighted by Gasteiger charge is 2.40. The van der Waals surface area contributed by atoms with Crippen molar-refractivity contribution in [1.29, 1.82) is 0 Å². The van der Waals surface area contributed by atoms with E-state index >= 15 is 0 Å². The van der Waals surface area contributed by atoms with Crippen molar-refractivity contribution in [2.75, 3.05) is 13.2 Å². The van der Waals surface area contributed by atoms with Crippen LogP contribution in [0.3, 0.4) is 0 Å². The highest BCUT2D eigenvalue weighted by Crippen LogP contribution is 2.41. The number of nitrogens with one attached hydrogen (secondary N) is 1. The number of hydrogen-bond donors (Lipinski definition) is 2. The molecule has 0 spiro atoms. The van der Waals surface area contributed by atoms with Crippen molar-refractivity contribution >= 4 is 18.3 Å². The number of carbonyl (C=O) groups excluding carboxylic acids is 1. The molecule has 138 valence electrons. The van der Waals surface area contributed by atoms with Gasteiger partial charge in [-0.05, 0) is 61.1 Å². The zero-order valence-corrected chi connectivity index (χ0v) is 15.5. The van der Waals surface area contributed by atoms with E-state index in [0.29, 0.717) is 17.9 Å². The Morgan fingerprint density at radius 2 is 2.00 bits per heavy atom. The monoisotopic (exact) mass is 364 g/mol. The fourth-order valence-corrected chi connectivity index (χ4v) is 4.87. The largest absolute Gasteiger partial charge is 0.493 e. The molecule has 1 aromatic carbocycles. The minimum absolute atomic E-state index is 0. The molecular weight excluding hydrogens is 336 g/mol. The van der Waals surface area contributed by atoms with E-state index in [1.54, 1.807) is 0 Å². The third kappa shape index (κ3) is 3.95. The Hall–Kier alpha value is -1.26. The zero-order chi connectivity index (χ0) is 16.5. The van der Waals surface area contributed by atoms with E-state index in [1.807, 2.05) is 0 Å². The van der Waals surface area contributed by atoms with Gasteiger partial charge >= 0.3 is 0 Å². The van der Waals surface area contributed by atoms with Crippen molar-refractivity contribution in [1.82, 2.24) is 5.32 Å². The number of halogens is 1. The summed E-state index contributed by atoms with van der Waals surface area (Å²) in [5.41, 5.74) is 8.90. The number of rotatable bonds is 4. The van der Waals surface area contributed by atoms with Crippen LogP contribution in [-0.4, -0.2) is 25.1 Å². The van der Waals surface area contributed by atoms with Gasteiger partial charge in [0.1, 0.15) is 5.75 Å². The number of carbonyl (C=O) groups is 1. The van der Waals surface area contributed by atoms with Crippen LogP contribution in [0.2, 0.25) is 0 Å². The Kier molecular flexibility index (Phi) is 5.90. The van der Waals surface area contributed by atoms with Gasteiger partial charge in [-0.15, -0.1) is 12.4 Å². The van der Waals surface area contributed by atoms with Gasteiger partial charge < -0.3 is 15.8 Å². The second kappa shape index (κ2) is 7.96. The summed E-state index contributed by atoms with van der Waals surface area (Å²) in [6.45, 7) is 1.51. The Labute approximate surface area is 156 Å². The minimum atomic E-state index is 0. The summed E-state index contributed by atoms with van der Waals surface area (Å²) >= 11 is 0. The van der Waals surface area contributed by atoms with Crippen LogP contribution in [0.5, 0.6) is 5.75 Å². The second-order valence-electron chi connectivity index (χ2n) is 7.78. The molecule has 2 bridgehead atoms. The first kappa shape index (κ1) is 18.5. The Morgan fingerprint density at radius 3 is 2.76 bits per heavy atom. The molecule has 3 aliphatic rings. The molecule has 0 radical (unpaired) electrons. The van der Waals surface area contributed by atoms with Gasteiger partial charge in [0, 0.05) is 24.9 Å². The predicted octanol–water partition coefficient (Wildman–Crippen LogP) is 2.86. The lowest BCUT2D eigenvalue weighted by Crippen LogP contribution is -2.49. The van der Waals surface area contributed by atoms with Gasteiger partial charge in [0.2, 0.25) is 5.91 Å². The summed E-state index contributed by atoms with van der Waals surface area (Å²) in [7, 11) is 0. The van der Waals surface area contributed by atoms with Crippen LogP contribution in [-0.2, 0) is 17.6 Å². The van der Waals surface area contributed by atoms with Crippen LogP contribution in [0.4, 0.5) is 0 Å². The summed E-state index contributed by atoms with van der Waals surface area (Å²) in [6.07, 6.45) is 7.56. The van der Waals surface area contributed by atoms with Gasteiger partial charge in [-0.2, -0.15) is 0 Å². The quantitative estimate of drug-likeness (QED) is 0.863. The fourth-order valence-electron chi connectivity index (χ4n) is 4.87. The lowest BCUT2D eigenvalue weighted by molar-refractivity contribution is -0.127. The molecule has 2 fully saturated rings. The average molecular weight is 365 g/mol. The molecule has 0 saturated heterocycles. The van der Waals surface area contributed by atoms with Gasteiger partial charge in [0.25, 0.3) is 0 Å². The first-order valence-corrected chi connectivity index (χ1v) is 9.48. The number of nitrogens with two attached hydrogens (primary N) is 1. The molecule has 2 atom stereocenters. The smallest absolute Gasteiger partial charge is 0.223 e. The molecule has 1 aromatic rings. The van der Waals surface area contributed by atoms with Gasteiger partial charge in [0.15, 0.2) is 0 Å². The van der Waals surface area contributed by atoms with Crippen LogP contribution in [0.1, 0.15) is 43.2 Å². The first-order valence-electron chi connectivity index (χ1n) is 9.48. The van der Waals surface area contributed by atoms with E-state index in [-0.39, 0.29) is 24.2 Å². The highest BCUT2D eigenvalue weighted by molar-refractivity contribution is 5.85. The minimum Gasteiger partial charge on any atom is -0.493 e. The number of amides is 1. The Morgan fingerprint density at radius 1 is 1.24 bits per heavy atom. The van der Waals surface area contributed by atoms with Crippen LogP contribution < -0.4 is 15.8 Å². The van der Waals surface area contributed by atoms with Gasteiger partial charge in [-0.3, -0.25) is 4.79 Å². The topological polar surface area (TPSA) is 64.4 Å². The molecule has 3 N–H and O–H groups in total. The molecule has 1 heterocycles. The lowest BCUT2D eigenvalue weighted by atomic mass is 9.65. The third-order valence-corrected chi connectivity index (χ3v) is 6.25. The van der Waals surface area contributed by atoms with E-state index in [0.717, 1.165) is 44.6 Å². The van der Waals surface area contributed by atoms with Gasteiger partial charge in [-0.1, -0.05) is 18.6 Å². The molecule has 2 aliphatic carbocycles. The van der Waals surface area contributed by atoms with Crippen LogP contribution in [0.25, 0.3) is 0 Å². The highest BCUT2D eigenvalue weighted by atomic mass is 35.5. The molecule has 0 aromatic heterocycles. The van der Waals surface area contributed by atoms with Crippen LogP contribution in [0.15, 0.2) is 18.2 Å². The number of ether oxygens (including phenoxy) is 1. The molecule has 2 unspecified atom stereocenters. The maximum Gasteiger partial charge on any atom is 0.223 e. The fraction of sp³-hybridized carbons (Fsp3) is 0.650. The maximum absolute atomic E-state index is 12.5. The normalized spacial score (nSPS) is 30.0. The van der Waals surface area contributed by atoms with Crippen molar-refractivity contribution in [3.05, 3.63) is 29.3 Å². The average Bonchev–Trinajstić information content (AvgIpc) is 3.02. The molecule has 1 aliphatic heterocycles. The van der Waals surface area contributed by atoms with Crippen LogP contribution in [0, 0.1) is 17.8 Å². The third-order valence-electron chi connectivity index (χ3n) is 6.25. The summed E-state index contributed by atoms with van der Waals surface area (Å²) in [4.78, 5) is 12.5. The van der Waals surface area contributed by atoms with Crippen molar-refractivity contribution in [2.24, 2.45) is 23.5 Å². The molecule has 4 nitrogen and oxygen atoms in total. The second-order valence-corrected chi connectivity index (χ2v) is 7.78. The standard InChI is InChI=1S/C20H28N2O2.ClH/c21-19-15-2-1-3-16(19)12-17(11-15)20(23)22-8-6-13-4-5-18-14(10-13)7-9-24-18;/h4-5,10,15-17,19H,1-3,6-9,11-12,21H2,(H,22,23);1H. The van der Waals surface area contributed by atoms with Gasteiger partial charge in [0.05, 0.1) is 6.61 Å². The maximum atomic E-state index is 12.5. The summed E-state index contributed by atoms with van der Waals surface area (Å²) in [5.74, 6) is 2.56. The van der Waals surface area contributed by atoms with Crippen molar-refractivity contribution < 1.29 is 9.53 Å². The summed E-state index contributed by atoms with van der Waals surface area (Å²) in [6, 6.07) is 6.72. The lowest BCUT2D eigenvalue weighted by Gasteiger charge is -2.43. The molecule has 2 saturated carbocycles. The van der Waals surface area contributed by atoms with E-state index < -0.39 is 0 Å². The van der Waals surface area contributed by atoms with Crippen LogP contribution >= 0.6 is 12.4 Å². The molecule has 25 heavy (non-hydrogen) atoms. The number of benzene rings is 1. The van der Waals surface area contributed by atoms with Gasteiger partial charge in [-0.25, -0.2) is 0 Å². The molecular formula is C20H29ClN2O2. The zero-order valence-electron chi connectivity index (χ0n) is 14.7. The first-order chi connectivity index (χ1) is 11.7. The summed E-state index contributed by atoms with van der Waals surface area (Å²) in [5, 5.41) is 3.16. The van der Waals surface area contributed by atoms with E-state index in [9.17, 15) is 4.79 Å². The molecule has 1 amide bonds.